The third kappa shape index (κ3) is 7.82. The lowest BCUT2D eigenvalue weighted by molar-refractivity contribution is 0.462. The van der Waals surface area contributed by atoms with Crippen molar-refractivity contribution in [2.24, 2.45) is 12.0 Å². The molecule has 0 saturated heterocycles. The molecule has 0 bridgehead atoms. The molecule has 9 heteroatoms. The summed E-state index contributed by atoms with van der Waals surface area (Å²) in [6.07, 6.45) is 3.83. The summed E-state index contributed by atoms with van der Waals surface area (Å²) in [4.78, 5) is 6.22. The summed E-state index contributed by atoms with van der Waals surface area (Å²) in [5.41, 5.74) is 1.16. The maximum atomic E-state index is 11.1. The summed E-state index contributed by atoms with van der Waals surface area (Å²) in [5.74, 6) is 0.937. The van der Waals surface area contributed by atoms with Crippen LogP contribution in [0.4, 0.5) is 0 Å². The van der Waals surface area contributed by atoms with Gasteiger partial charge in [0.05, 0.1) is 12.3 Å². The molecule has 0 unspecified atom stereocenters. The van der Waals surface area contributed by atoms with Crippen molar-refractivity contribution in [1.29, 1.82) is 0 Å². The molecule has 0 aromatic carbocycles. The van der Waals surface area contributed by atoms with Gasteiger partial charge in [-0.05, 0) is 28.4 Å². The zero-order valence-corrected chi connectivity index (χ0v) is 18.1. The van der Waals surface area contributed by atoms with E-state index < -0.39 is 9.84 Å². The highest BCUT2D eigenvalue weighted by Gasteiger charge is 2.09. The normalized spacial score (nSPS) is 12.0. The van der Waals surface area contributed by atoms with E-state index in [0.717, 1.165) is 16.1 Å². The summed E-state index contributed by atoms with van der Waals surface area (Å²) >= 11 is 3.45. The fourth-order valence-corrected chi connectivity index (χ4v) is 3.20. The van der Waals surface area contributed by atoms with E-state index in [-0.39, 0.29) is 29.7 Å². The molecule has 0 amide bonds. The molecule has 6 nitrogen and oxygen atoms in total. The number of aryl methyl sites for hydroxylation is 1. The predicted molar refractivity (Wildman–Crippen MR) is 106 cm³/mol. The molecule has 0 aliphatic carbocycles. The summed E-state index contributed by atoms with van der Waals surface area (Å²) in [7, 11) is 2.76. The molecule has 0 aliphatic rings. The van der Waals surface area contributed by atoms with Crippen molar-refractivity contribution in [3.63, 3.8) is 0 Å². The van der Waals surface area contributed by atoms with Crippen LogP contribution in [0.2, 0.25) is 0 Å². The van der Waals surface area contributed by atoms with E-state index in [9.17, 15) is 8.42 Å². The minimum Gasteiger partial charge on any atom is -0.356 e. The first-order valence-electron chi connectivity index (χ1n) is 6.63. The Morgan fingerprint density at radius 3 is 2.59 bits per heavy atom. The first-order valence-corrected chi connectivity index (χ1v) is 9.48. The van der Waals surface area contributed by atoms with E-state index in [0.29, 0.717) is 19.5 Å². The van der Waals surface area contributed by atoms with Crippen LogP contribution in [0.3, 0.4) is 0 Å². The Morgan fingerprint density at radius 1 is 1.50 bits per heavy atom. The number of nitrogens with zero attached hydrogens (tertiary/aromatic N) is 3. The van der Waals surface area contributed by atoms with Crippen LogP contribution in [0.15, 0.2) is 21.7 Å². The molecular formula is C13H24BrIN4O2S. The third-order valence-electron chi connectivity index (χ3n) is 3.02. The number of rotatable bonds is 6. The molecule has 0 fully saturated rings. The summed E-state index contributed by atoms with van der Waals surface area (Å²) < 4.78 is 25.3. The van der Waals surface area contributed by atoms with Gasteiger partial charge in [-0.1, -0.05) is 0 Å². The van der Waals surface area contributed by atoms with Crippen molar-refractivity contribution in [2.45, 2.75) is 13.0 Å². The second kappa shape index (κ2) is 9.76. The zero-order chi connectivity index (χ0) is 16.0. The molecule has 1 aromatic rings. The van der Waals surface area contributed by atoms with Crippen LogP contribution in [0.1, 0.15) is 12.1 Å². The zero-order valence-electron chi connectivity index (χ0n) is 13.3. The van der Waals surface area contributed by atoms with Crippen LogP contribution < -0.4 is 5.32 Å². The number of aromatic nitrogens is 1. The van der Waals surface area contributed by atoms with Gasteiger partial charge in [0.2, 0.25) is 0 Å². The van der Waals surface area contributed by atoms with Crippen molar-refractivity contribution in [1.82, 2.24) is 14.8 Å². The number of hydrogen-bond donors (Lipinski definition) is 1. The summed E-state index contributed by atoms with van der Waals surface area (Å²) in [6.45, 7) is 1.30. The fraction of sp³-hybridized carbons (Fsp3) is 0.615. The molecule has 1 heterocycles. The number of nitrogens with one attached hydrogen (secondary N) is 1. The average molecular weight is 507 g/mol. The van der Waals surface area contributed by atoms with Crippen LogP contribution in [0, 0.1) is 0 Å². The second-order valence-electron chi connectivity index (χ2n) is 5.07. The third-order valence-corrected chi connectivity index (χ3v) is 4.49. The number of halogens is 2. The fourth-order valence-electron chi connectivity index (χ4n) is 1.96. The monoisotopic (exact) mass is 506 g/mol. The highest BCUT2D eigenvalue weighted by Crippen LogP contribution is 2.14. The van der Waals surface area contributed by atoms with E-state index >= 15 is 0 Å². The first-order chi connectivity index (χ1) is 9.73. The Hall–Kier alpha value is -0.290. The van der Waals surface area contributed by atoms with Crippen molar-refractivity contribution in [3.05, 3.63) is 22.4 Å². The SMILES string of the molecule is CN=C(NCCCS(C)(=O)=O)N(C)Cc1cc(Br)cn1C.I. The van der Waals surface area contributed by atoms with Crippen LogP contribution in [0.25, 0.3) is 0 Å². The van der Waals surface area contributed by atoms with Gasteiger partial charge in [0.25, 0.3) is 0 Å². The van der Waals surface area contributed by atoms with Crippen LogP contribution in [-0.4, -0.2) is 56.5 Å². The van der Waals surface area contributed by atoms with Gasteiger partial charge in [0.15, 0.2) is 5.96 Å². The van der Waals surface area contributed by atoms with Crippen LogP contribution in [0.5, 0.6) is 0 Å². The van der Waals surface area contributed by atoms with Crippen molar-refractivity contribution in [3.8, 4) is 0 Å². The highest BCUT2D eigenvalue weighted by atomic mass is 127. The molecule has 22 heavy (non-hydrogen) atoms. The van der Waals surface area contributed by atoms with E-state index in [4.69, 9.17) is 0 Å². The molecule has 0 aliphatic heterocycles. The van der Waals surface area contributed by atoms with E-state index in [1.165, 1.54) is 6.26 Å². The molecule has 1 aromatic heterocycles. The van der Waals surface area contributed by atoms with Gasteiger partial charge in [-0.25, -0.2) is 8.42 Å². The molecule has 0 spiro atoms. The van der Waals surface area contributed by atoms with Crippen LogP contribution in [-0.2, 0) is 23.4 Å². The maximum absolute atomic E-state index is 11.1. The quantitative estimate of drug-likeness (QED) is 0.277. The van der Waals surface area contributed by atoms with Gasteiger partial charge in [-0.2, -0.15) is 0 Å². The number of hydrogen-bond acceptors (Lipinski definition) is 3. The molecule has 1 N–H and O–H groups in total. The largest absolute Gasteiger partial charge is 0.356 e. The van der Waals surface area contributed by atoms with E-state index in [1.807, 2.05) is 25.2 Å². The average Bonchev–Trinajstić information content (AvgIpc) is 2.66. The topological polar surface area (TPSA) is 66.7 Å². The minimum absolute atomic E-state index is 0. The smallest absolute Gasteiger partial charge is 0.193 e. The molecule has 0 saturated carbocycles. The predicted octanol–water partition coefficient (Wildman–Crippen LogP) is 1.85. The van der Waals surface area contributed by atoms with Gasteiger partial charge in [0, 0.05) is 50.3 Å². The lowest BCUT2D eigenvalue weighted by Gasteiger charge is -2.22. The Balaban J connectivity index is 0.00000441. The molecule has 0 atom stereocenters. The Morgan fingerprint density at radius 2 is 2.14 bits per heavy atom. The summed E-state index contributed by atoms with van der Waals surface area (Å²) in [5, 5.41) is 3.18. The van der Waals surface area contributed by atoms with E-state index in [1.54, 1.807) is 7.05 Å². The lowest BCUT2D eigenvalue weighted by atomic mass is 10.4. The first kappa shape index (κ1) is 21.7. The van der Waals surface area contributed by atoms with Gasteiger partial charge in [-0.15, -0.1) is 24.0 Å². The highest BCUT2D eigenvalue weighted by molar-refractivity contribution is 14.0. The number of aliphatic imine (C=N–C) groups is 1. The van der Waals surface area contributed by atoms with Gasteiger partial charge >= 0.3 is 0 Å². The minimum atomic E-state index is -2.90. The number of sulfone groups is 1. The molecule has 1 rings (SSSR count). The summed E-state index contributed by atoms with van der Waals surface area (Å²) in [6, 6.07) is 2.06. The van der Waals surface area contributed by atoms with Crippen molar-refractivity contribution < 1.29 is 8.42 Å². The van der Waals surface area contributed by atoms with Crippen molar-refractivity contribution >= 4 is 55.7 Å². The Kier molecular flexibility index (Phi) is 9.63. The van der Waals surface area contributed by atoms with Gasteiger partial charge in [0.1, 0.15) is 9.84 Å². The van der Waals surface area contributed by atoms with Gasteiger partial charge < -0.3 is 14.8 Å². The van der Waals surface area contributed by atoms with E-state index in [2.05, 4.69) is 36.9 Å². The lowest BCUT2D eigenvalue weighted by Crippen LogP contribution is -2.39. The molecule has 0 radical (unpaired) electrons. The maximum Gasteiger partial charge on any atom is 0.193 e. The molecule has 128 valence electrons. The van der Waals surface area contributed by atoms with Crippen molar-refractivity contribution in [2.75, 3.05) is 32.6 Å². The number of guanidine groups is 1. The van der Waals surface area contributed by atoms with Gasteiger partial charge in [-0.3, -0.25) is 4.99 Å². The van der Waals surface area contributed by atoms with Crippen LogP contribution >= 0.6 is 39.9 Å². The Bertz CT molecular complexity index is 601. The second-order valence-corrected chi connectivity index (χ2v) is 8.25. The Labute approximate surface area is 158 Å². The standard InChI is InChI=1S/C13H23BrN4O2S.HI/c1-15-13(16-6-5-7-21(4,19)20)18(3)10-12-8-11(14)9-17(12)2;/h8-9H,5-7,10H2,1-4H3,(H,15,16);1H. The molecular weight excluding hydrogens is 483 g/mol.